The van der Waals surface area contributed by atoms with Gasteiger partial charge in [0.25, 0.3) is 0 Å². The Hall–Kier alpha value is -1.64. The van der Waals surface area contributed by atoms with E-state index in [1.807, 2.05) is 0 Å². The van der Waals surface area contributed by atoms with Crippen molar-refractivity contribution in [3.63, 3.8) is 0 Å². The number of hydrogen-bond donors (Lipinski definition) is 3. The predicted octanol–water partition coefficient (Wildman–Crippen LogP) is 0.800. The van der Waals surface area contributed by atoms with Gasteiger partial charge >= 0.3 is 0 Å². The molecule has 7 nitrogen and oxygen atoms in total. The van der Waals surface area contributed by atoms with Gasteiger partial charge in [-0.15, -0.1) is 0 Å². The number of nitrogens with two attached hydrogens (primary N) is 2. The molecule has 0 atom stereocenters. The van der Waals surface area contributed by atoms with Crippen LogP contribution in [0.3, 0.4) is 0 Å². The second-order valence-electron chi connectivity index (χ2n) is 4.55. The van der Waals surface area contributed by atoms with E-state index in [0.29, 0.717) is 18.7 Å². The lowest BCUT2D eigenvalue weighted by atomic mass is 10.2. The van der Waals surface area contributed by atoms with Crippen molar-refractivity contribution in [1.29, 1.82) is 0 Å². The van der Waals surface area contributed by atoms with Crippen LogP contribution in [-0.2, 0) is 14.8 Å². The second-order valence-corrected chi connectivity index (χ2v) is 6.12. The molecule has 0 aliphatic carbocycles. The Morgan fingerprint density at radius 3 is 2.57 bits per heavy atom. The molecule has 0 heterocycles. The zero-order valence-corrected chi connectivity index (χ0v) is 12.8. The molecule has 0 radical (unpaired) electrons. The third-order valence-corrected chi connectivity index (χ3v) is 3.79. The van der Waals surface area contributed by atoms with Crippen LogP contribution in [0.25, 0.3) is 0 Å². The summed E-state index contributed by atoms with van der Waals surface area (Å²) in [5.74, 6) is 0.162. The Morgan fingerprint density at radius 2 is 2.00 bits per heavy atom. The molecule has 0 aliphatic rings. The van der Waals surface area contributed by atoms with Gasteiger partial charge in [0.05, 0.1) is 17.7 Å². The summed E-state index contributed by atoms with van der Waals surface area (Å²) < 4.78 is 27.7. The lowest BCUT2D eigenvalue weighted by Crippen LogP contribution is -2.15. The molecule has 5 N–H and O–H groups in total. The zero-order valence-electron chi connectivity index (χ0n) is 12.0. The van der Waals surface area contributed by atoms with E-state index >= 15 is 0 Å². The minimum Gasteiger partial charge on any atom is -0.495 e. The number of carbonyl (C=O) groups excluding carboxylic acids is 1. The van der Waals surface area contributed by atoms with E-state index in [-0.39, 0.29) is 16.5 Å². The summed E-state index contributed by atoms with van der Waals surface area (Å²) in [5, 5.41) is 7.70. The van der Waals surface area contributed by atoms with Gasteiger partial charge in [-0.3, -0.25) is 4.79 Å². The lowest BCUT2D eigenvalue weighted by Gasteiger charge is -2.11. The van der Waals surface area contributed by atoms with Crippen LogP contribution in [0.5, 0.6) is 5.75 Å². The van der Waals surface area contributed by atoms with Crippen molar-refractivity contribution in [3.05, 3.63) is 18.2 Å². The normalized spacial score (nSPS) is 11.2. The van der Waals surface area contributed by atoms with E-state index in [4.69, 9.17) is 15.6 Å². The molecule has 0 aromatic heterocycles. The highest BCUT2D eigenvalue weighted by atomic mass is 32.2. The number of primary sulfonamides is 1. The van der Waals surface area contributed by atoms with Gasteiger partial charge in [0.15, 0.2) is 0 Å². The highest BCUT2D eigenvalue weighted by molar-refractivity contribution is 7.89. The first-order valence-electron chi connectivity index (χ1n) is 6.59. The maximum Gasteiger partial charge on any atom is 0.238 e. The Labute approximate surface area is 124 Å². The van der Waals surface area contributed by atoms with Crippen LogP contribution in [0, 0.1) is 0 Å². The van der Waals surface area contributed by atoms with Crippen LogP contribution in [-0.4, -0.2) is 28.0 Å². The fraction of sp³-hybridized carbons (Fsp3) is 0.462. The number of unbranched alkanes of at least 4 members (excludes halogenated alkanes) is 2. The van der Waals surface area contributed by atoms with Crippen LogP contribution in [0.15, 0.2) is 23.1 Å². The van der Waals surface area contributed by atoms with Crippen LogP contribution >= 0.6 is 0 Å². The molecule has 0 aliphatic heterocycles. The van der Waals surface area contributed by atoms with Crippen molar-refractivity contribution in [2.75, 3.05) is 19.0 Å². The van der Waals surface area contributed by atoms with Gasteiger partial charge in [-0.05, 0) is 37.6 Å². The molecule has 0 spiro atoms. The molecular formula is C13H21N3O4S. The summed E-state index contributed by atoms with van der Waals surface area (Å²) in [4.78, 5) is 11.7. The Balaban J connectivity index is 2.78. The molecule has 0 unspecified atom stereocenters. The van der Waals surface area contributed by atoms with Crippen LogP contribution in [0.4, 0.5) is 5.69 Å². The van der Waals surface area contributed by atoms with Gasteiger partial charge in [0.2, 0.25) is 15.9 Å². The van der Waals surface area contributed by atoms with Crippen LogP contribution < -0.4 is 20.9 Å². The van der Waals surface area contributed by atoms with Crippen molar-refractivity contribution < 1.29 is 17.9 Å². The van der Waals surface area contributed by atoms with E-state index in [0.717, 1.165) is 19.3 Å². The topological polar surface area (TPSA) is 125 Å². The highest BCUT2D eigenvalue weighted by Gasteiger charge is 2.13. The second kappa shape index (κ2) is 7.96. The van der Waals surface area contributed by atoms with Gasteiger partial charge in [-0.1, -0.05) is 6.42 Å². The number of nitrogens with one attached hydrogen (secondary N) is 1. The summed E-state index contributed by atoms with van der Waals surface area (Å²) in [7, 11) is -2.40. The third-order valence-electron chi connectivity index (χ3n) is 2.88. The van der Waals surface area contributed by atoms with E-state index < -0.39 is 10.0 Å². The molecule has 118 valence electrons. The van der Waals surface area contributed by atoms with Crippen LogP contribution in [0.2, 0.25) is 0 Å². The minimum atomic E-state index is -3.83. The van der Waals surface area contributed by atoms with Gasteiger partial charge in [-0.25, -0.2) is 13.6 Å². The Bertz CT molecular complexity index is 587. The van der Waals surface area contributed by atoms with E-state index in [2.05, 4.69) is 5.32 Å². The maximum absolute atomic E-state index is 11.8. The molecule has 1 aromatic carbocycles. The Kier molecular flexibility index (Phi) is 6.60. The summed E-state index contributed by atoms with van der Waals surface area (Å²) in [5.41, 5.74) is 5.66. The number of hydrogen-bond acceptors (Lipinski definition) is 5. The maximum atomic E-state index is 11.8. The Morgan fingerprint density at radius 1 is 1.29 bits per heavy atom. The van der Waals surface area contributed by atoms with Crippen molar-refractivity contribution in [2.45, 2.75) is 30.6 Å². The molecule has 8 heteroatoms. The first kappa shape index (κ1) is 17.4. The van der Waals surface area contributed by atoms with Gasteiger partial charge in [0.1, 0.15) is 5.75 Å². The van der Waals surface area contributed by atoms with Crippen LogP contribution in [0.1, 0.15) is 25.7 Å². The number of benzene rings is 1. The zero-order chi connectivity index (χ0) is 15.9. The lowest BCUT2D eigenvalue weighted by molar-refractivity contribution is -0.116. The number of anilines is 1. The molecule has 21 heavy (non-hydrogen) atoms. The molecule has 1 aromatic rings. The van der Waals surface area contributed by atoms with Gasteiger partial charge < -0.3 is 15.8 Å². The highest BCUT2D eigenvalue weighted by Crippen LogP contribution is 2.27. The number of methoxy groups -OCH3 is 1. The van der Waals surface area contributed by atoms with Gasteiger partial charge in [-0.2, -0.15) is 0 Å². The smallest absolute Gasteiger partial charge is 0.238 e. The fourth-order valence-electron chi connectivity index (χ4n) is 1.78. The summed E-state index contributed by atoms with van der Waals surface area (Å²) in [6.45, 7) is 0.603. The average Bonchev–Trinajstić information content (AvgIpc) is 2.42. The fourth-order valence-corrected chi connectivity index (χ4v) is 2.32. The number of sulfonamides is 1. The largest absolute Gasteiger partial charge is 0.495 e. The summed E-state index contributed by atoms with van der Waals surface area (Å²) in [6, 6.07) is 4.06. The molecule has 0 saturated heterocycles. The monoisotopic (exact) mass is 315 g/mol. The average molecular weight is 315 g/mol. The first-order chi connectivity index (χ1) is 9.88. The number of ether oxygens (including phenoxy) is 1. The standard InChI is InChI=1S/C13H21N3O4S/c1-20-12-7-6-10(21(15,18)19)9-11(12)16-13(17)5-3-2-4-8-14/h6-7,9H,2-5,8,14H2,1H3,(H,16,17)(H2,15,18,19). The minimum absolute atomic E-state index is 0.0817. The first-order valence-corrected chi connectivity index (χ1v) is 8.14. The summed E-state index contributed by atoms with van der Waals surface area (Å²) >= 11 is 0. The van der Waals surface area contributed by atoms with E-state index in [9.17, 15) is 13.2 Å². The molecule has 0 fully saturated rings. The molecular weight excluding hydrogens is 294 g/mol. The molecule has 1 amide bonds. The van der Waals surface area contributed by atoms with Crippen molar-refractivity contribution in [2.24, 2.45) is 10.9 Å². The summed E-state index contributed by atoms with van der Waals surface area (Å²) in [6.07, 6.45) is 2.80. The number of rotatable bonds is 8. The molecule has 0 saturated carbocycles. The van der Waals surface area contributed by atoms with E-state index in [1.165, 1.54) is 25.3 Å². The predicted molar refractivity (Wildman–Crippen MR) is 80.5 cm³/mol. The molecule has 0 bridgehead atoms. The number of carbonyl (C=O) groups is 1. The number of amides is 1. The van der Waals surface area contributed by atoms with Crippen molar-refractivity contribution in [3.8, 4) is 5.75 Å². The quantitative estimate of drug-likeness (QED) is 0.612. The van der Waals surface area contributed by atoms with Crippen molar-refractivity contribution in [1.82, 2.24) is 0 Å². The third kappa shape index (κ3) is 5.70. The van der Waals surface area contributed by atoms with Gasteiger partial charge in [0, 0.05) is 6.42 Å². The van der Waals surface area contributed by atoms with E-state index in [1.54, 1.807) is 0 Å². The SMILES string of the molecule is COc1ccc(S(N)(=O)=O)cc1NC(=O)CCCCCN. The molecule has 1 rings (SSSR count). The van der Waals surface area contributed by atoms with Crippen molar-refractivity contribution >= 4 is 21.6 Å².